The third-order valence-electron chi connectivity index (χ3n) is 26.3. The average Bonchev–Trinajstić information content (AvgIpc) is 1.47. The van der Waals surface area contributed by atoms with E-state index >= 15 is 0 Å². The van der Waals surface area contributed by atoms with Gasteiger partial charge in [0.05, 0.1) is 66.4 Å². The van der Waals surface area contributed by atoms with Crippen molar-refractivity contribution in [3.8, 4) is 44.8 Å². The molecule has 7 heterocycles. The summed E-state index contributed by atoms with van der Waals surface area (Å²) < 4.78 is 23.4. The van der Waals surface area contributed by atoms with E-state index in [1.807, 2.05) is 6.07 Å². The Morgan fingerprint density at radius 3 is 1.23 bits per heavy atom. The first-order chi connectivity index (χ1) is 56.4. The van der Waals surface area contributed by atoms with Gasteiger partial charge in [0.1, 0.15) is 11.3 Å². The molecule has 554 valence electrons. The van der Waals surface area contributed by atoms with E-state index in [9.17, 15) is 0 Å². The van der Waals surface area contributed by atoms with E-state index in [-0.39, 0.29) is 22.0 Å². The molecule has 0 spiro atoms. The first kappa shape index (κ1) is 68.6. The Balaban J connectivity index is 0.000000109. The van der Waals surface area contributed by atoms with E-state index in [1.165, 1.54) is 159 Å². The van der Waals surface area contributed by atoms with Crippen molar-refractivity contribution in [3.05, 3.63) is 354 Å². The summed E-state index contributed by atoms with van der Waals surface area (Å²) in [5.74, 6) is 0. The Morgan fingerprint density at radius 2 is 0.707 bits per heavy atom. The normalized spacial score (nSPS) is 15.0. The number of para-hydroxylation sites is 6. The van der Waals surface area contributed by atoms with Crippen LogP contribution >= 0.6 is 15.9 Å². The van der Waals surface area contributed by atoms with Crippen LogP contribution in [0.15, 0.2) is 332 Å². The molecule has 1 fully saturated rings. The Labute approximate surface area is 679 Å². The summed E-state index contributed by atoms with van der Waals surface area (Å²) in [6, 6.07) is 119. The zero-order valence-electron chi connectivity index (χ0n) is 65.6. The van der Waals surface area contributed by atoms with Gasteiger partial charge >= 0.3 is 7.12 Å². The van der Waals surface area contributed by atoms with Gasteiger partial charge in [-0.15, -0.1) is 0 Å². The van der Waals surface area contributed by atoms with Crippen molar-refractivity contribution in [2.24, 2.45) is 0 Å². The molecule has 0 bridgehead atoms. The van der Waals surface area contributed by atoms with Crippen LogP contribution in [0.3, 0.4) is 0 Å². The number of halogens is 1. The number of imidazole rings is 2. The SMILES string of the molecule is CC1(C)OB(c2ccc3c(c2)c2ccc4ccccc4c2c2nc4ccccc4n32)OC1(C)C.CC1(C)c2ccccc2-c2cc3c4ccccc4n(-c4cccc(-c5ccc6c(c5)c5ccc7ccccc7c5c5nc7ccccc7n65)c4)c3cc21.CC1(C)c2ccccc2-c2cc3c4ccccc4n(-c4cccc(Br)c4)c3cc21. The van der Waals surface area contributed by atoms with E-state index in [0.717, 1.165) is 60.0 Å². The number of fused-ring (bicyclic) bond motifs is 32. The van der Waals surface area contributed by atoms with Crippen molar-refractivity contribution in [1.82, 2.24) is 27.9 Å². The summed E-state index contributed by atoms with van der Waals surface area (Å²) >= 11 is 3.65. The largest absolute Gasteiger partial charge is 0.494 e. The molecular weight excluding hydrogens is 1480 g/mol. The number of aromatic nitrogens is 6. The fourth-order valence-corrected chi connectivity index (χ4v) is 20.3. The monoisotopic (exact) mass is 1560 g/mol. The summed E-state index contributed by atoms with van der Waals surface area (Å²) in [5.41, 5.74) is 29.5. The second-order valence-corrected chi connectivity index (χ2v) is 34.9. The van der Waals surface area contributed by atoms with E-state index in [4.69, 9.17) is 19.3 Å². The van der Waals surface area contributed by atoms with Gasteiger partial charge in [-0.25, -0.2) is 9.97 Å². The van der Waals surface area contributed by atoms with Gasteiger partial charge in [0, 0.05) is 69.8 Å². The standard InChI is InChI=1S/C50H33N3.C29H25BN2O2.C27H20BrN/c1-50(2)41-18-7-5-16-35(41)38-28-40-36-17-6-9-20-44(36)52(47(40)29-42(38)50)33-14-11-13-31(26-33)32-23-25-45-39(27-32)37-24-22-30-12-3-4-15-34(30)48(37)49-51-43-19-8-10-21-46(43)53(45)49;1-28(2)29(3,4)34-30(33-28)19-14-16-24-22(17-19)21-15-13-18-9-5-6-10-20(18)26(21)27-31-23-11-7-8-12-25(23)32(24)27;1-27(2)23-12-5-3-10-19(23)21-15-22-20-11-4-6-13-25(20)29(26(22)16-24(21)27)18-9-7-8-17(28)14-18/h3-29H,1-2H3;5-17H,1-4H3;3-16H,1-2H3. The van der Waals surface area contributed by atoms with Crippen LogP contribution in [0.4, 0.5) is 0 Å². The summed E-state index contributed by atoms with van der Waals surface area (Å²) in [4.78, 5) is 10.3. The van der Waals surface area contributed by atoms with Crippen LogP contribution in [-0.2, 0) is 20.1 Å². The number of benzene rings is 16. The maximum absolute atomic E-state index is 6.38. The molecule has 1 saturated heterocycles. The van der Waals surface area contributed by atoms with Gasteiger partial charge in [0.15, 0.2) is 0 Å². The Morgan fingerprint density at radius 1 is 0.284 bits per heavy atom. The fraction of sp³-hybridized carbons (Fsp3) is 0.113. The topological polar surface area (TPSA) is 62.9 Å². The van der Waals surface area contributed by atoms with E-state index in [0.29, 0.717) is 0 Å². The second-order valence-electron chi connectivity index (χ2n) is 33.9. The minimum atomic E-state index is -0.403. The summed E-state index contributed by atoms with van der Waals surface area (Å²) in [7, 11) is -0.403. The summed E-state index contributed by atoms with van der Waals surface area (Å²) in [5, 5.41) is 17.2. The second kappa shape index (κ2) is 25.0. The zero-order chi connectivity index (χ0) is 78.0. The predicted octanol–water partition coefficient (Wildman–Crippen LogP) is 27.1. The minimum absolute atomic E-state index is 0.00132. The molecule has 2 aliphatic carbocycles. The molecule has 0 unspecified atom stereocenters. The maximum Gasteiger partial charge on any atom is 0.494 e. The van der Waals surface area contributed by atoms with Crippen molar-refractivity contribution in [3.63, 3.8) is 0 Å². The van der Waals surface area contributed by atoms with Gasteiger partial charge in [-0.2, -0.15) is 0 Å². The molecule has 16 aromatic carbocycles. The Bertz CT molecular complexity index is 8010. The molecule has 0 amide bonds. The van der Waals surface area contributed by atoms with Gasteiger partial charge in [0.25, 0.3) is 0 Å². The van der Waals surface area contributed by atoms with Gasteiger partial charge in [-0.1, -0.05) is 262 Å². The van der Waals surface area contributed by atoms with Crippen LogP contribution in [0.5, 0.6) is 0 Å². The molecule has 8 nitrogen and oxygen atoms in total. The fourth-order valence-electron chi connectivity index (χ4n) is 19.9. The van der Waals surface area contributed by atoms with Crippen LogP contribution in [0.2, 0.25) is 0 Å². The van der Waals surface area contributed by atoms with Crippen LogP contribution in [0.25, 0.3) is 187 Å². The minimum Gasteiger partial charge on any atom is -0.399 e. The lowest BCUT2D eigenvalue weighted by atomic mass is 9.78. The number of hydrogen-bond donors (Lipinski definition) is 0. The number of rotatable bonds is 4. The van der Waals surface area contributed by atoms with Crippen molar-refractivity contribution in [2.45, 2.75) is 77.4 Å². The van der Waals surface area contributed by atoms with Crippen LogP contribution < -0.4 is 5.46 Å². The van der Waals surface area contributed by atoms with Crippen LogP contribution in [0, 0.1) is 0 Å². The average molecular weight is 1560 g/mol. The van der Waals surface area contributed by atoms with Crippen molar-refractivity contribution in [1.29, 1.82) is 0 Å². The lowest BCUT2D eigenvalue weighted by Gasteiger charge is -2.32. The highest BCUT2D eigenvalue weighted by molar-refractivity contribution is 9.10. The quantitative estimate of drug-likeness (QED) is 0.130. The molecule has 10 heteroatoms. The number of hydrogen-bond acceptors (Lipinski definition) is 4. The molecule has 6 aromatic heterocycles. The van der Waals surface area contributed by atoms with Gasteiger partial charge in [-0.3, -0.25) is 8.80 Å². The molecule has 0 saturated carbocycles. The molecule has 22 aromatic rings. The highest BCUT2D eigenvalue weighted by Gasteiger charge is 2.52. The summed E-state index contributed by atoms with van der Waals surface area (Å²) in [6.45, 7) is 17.8. The molecule has 0 atom stereocenters. The van der Waals surface area contributed by atoms with Crippen LogP contribution in [0.1, 0.15) is 77.6 Å². The van der Waals surface area contributed by atoms with Gasteiger partial charge < -0.3 is 18.4 Å². The highest BCUT2D eigenvalue weighted by Crippen LogP contribution is 2.54. The Hall–Kier alpha value is -13.0. The lowest BCUT2D eigenvalue weighted by molar-refractivity contribution is 0.00578. The molecule has 116 heavy (non-hydrogen) atoms. The predicted molar refractivity (Wildman–Crippen MR) is 490 cm³/mol. The van der Waals surface area contributed by atoms with E-state index in [1.54, 1.807) is 0 Å². The van der Waals surface area contributed by atoms with E-state index < -0.39 is 7.12 Å². The third-order valence-corrected chi connectivity index (χ3v) is 26.8. The smallest absolute Gasteiger partial charge is 0.399 e. The van der Waals surface area contributed by atoms with Crippen molar-refractivity contribution < 1.29 is 9.31 Å². The summed E-state index contributed by atoms with van der Waals surface area (Å²) in [6.07, 6.45) is 0. The van der Waals surface area contributed by atoms with Crippen molar-refractivity contribution >= 4 is 170 Å². The van der Waals surface area contributed by atoms with Gasteiger partial charge in [0.2, 0.25) is 0 Å². The lowest BCUT2D eigenvalue weighted by Crippen LogP contribution is -2.41. The van der Waals surface area contributed by atoms with Crippen molar-refractivity contribution in [2.75, 3.05) is 0 Å². The number of pyridine rings is 2. The molecule has 0 radical (unpaired) electrons. The maximum atomic E-state index is 6.38. The Kier molecular flexibility index (Phi) is 14.8. The van der Waals surface area contributed by atoms with E-state index in [2.05, 4.69) is 411 Å². The van der Waals surface area contributed by atoms with Gasteiger partial charge in [-0.05, 0) is 230 Å². The molecule has 3 aliphatic rings. The molecule has 25 rings (SSSR count). The third kappa shape index (κ3) is 10.00. The molecule has 1 aliphatic heterocycles. The van der Waals surface area contributed by atoms with Crippen LogP contribution in [-0.4, -0.2) is 46.2 Å². The first-order valence-electron chi connectivity index (χ1n) is 40.3. The molecular formula is C106H78BBrN6O2. The first-order valence-corrected chi connectivity index (χ1v) is 41.1. The highest BCUT2D eigenvalue weighted by atomic mass is 79.9. The number of nitrogens with zero attached hydrogens (tertiary/aromatic N) is 6. The molecule has 0 N–H and O–H groups in total. The zero-order valence-corrected chi connectivity index (χ0v) is 67.2.